The van der Waals surface area contributed by atoms with Crippen molar-refractivity contribution in [3.63, 3.8) is 0 Å². The molecule has 49 nitrogen and oxygen atoms in total. The lowest BCUT2D eigenvalue weighted by atomic mass is 9.92. The van der Waals surface area contributed by atoms with Crippen molar-refractivity contribution < 1.29 is 187 Å². The molecule has 0 bridgehead atoms. The number of ether oxygens (including phenoxy) is 12. The van der Waals surface area contributed by atoms with Crippen molar-refractivity contribution >= 4 is 78.2 Å². The predicted octanol–water partition coefficient (Wildman–Crippen LogP) is -4.15. The van der Waals surface area contributed by atoms with Crippen molar-refractivity contribution in [2.75, 3.05) is 112 Å². The second kappa shape index (κ2) is 62.4. The number of carbonyl (C=O) groups excluding carboxylic acids is 8. The Balaban J connectivity index is 1.37. The molecule has 0 saturated carbocycles. The van der Waals surface area contributed by atoms with Crippen LogP contribution in [0, 0.1) is 5.41 Å². The number of ketones is 2. The van der Waals surface area contributed by atoms with E-state index >= 15 is 0 Å². The highest BCUT2D eigenvalue weighted by atomic mass is 32.3. The Morgan fingerprint density at radius 2 is 0.641 bits per heavy atom. The quantitative estimate of drug-likeness (QED) is 0.0156. The maximum Gasteiger partial charge on any atom is 0.415 e. The van der Waals surface area contributed by atoms with E-state index in [1.54, 1.807) is 6.92 Å². The van der Waals surface area contributed by atoms with Crippen molar-refractivity contribution in [1.29, 1.82) is 0 Å². The molecule has 6 amide bonds. The Morgan fingerprint density at radius 3 is 0.953 bits per heavy atom. The Kier molecular flexibility index (Phi) is 56.2. The lowest BCUT2D eigenvalue weighted by molar-refractivity contribution is -0.269. The fraction of sp³-hybridized carbons (Fsp3) is 0.895. The van der Waals surface area contributed by atoms with Crippen LogP contribution in [0.25, 0.3) is 0 Å². The molecule has 0 aromatic carbocycles. The highest BCUT2D eigenvalue weighted by molar-refractivity contribution is 7.81. The highest BCUT2D eigenvalue weighted by Crippen LogP contribution is 2.30. The van der Waals surface area contributed by atoms with Crippen LogP contribution in [0.4, 0.5) is 0 Å². The zero-order valence-electron chi connectivity index (χ0n) is 73.3. The number of aliphatic hydroxyl groups excluding tert-OH is 8. The summed E-state index contributed by atoms with van der Waals surface area (Å²) < 4.78 is 173. The third-order valence-electron chi connectivity index (χ3n) is 20.8. The van der Waals surface area contributed by atoms with Crippen LogP contribution in [0.15, 0.2) is 0 Å². The molecule has 52 heteroatoms. The molecule has 0 radical (unpaired) electrons. The molecule has 4 aliphatic heterocycles. The number of aliphatic hydroxyl groups is 8. The molecule has 20 atom stereocenters. The van der Waals surface area contributed by atoms with Crippen LogP contribution in [0.1, 0.15) is 195 Å². The first-order chi connectivity index (χ1) is 60.7. The first-order valence-corrected chi connectivity index (χ1v) is 47.3. The number of rotatable bonds is 71. The van der Waals surface area contributed by atoms with Gasteiger partial charge in [-0.15, -0.1) is 0 Å². The summed E-state index contributed by atoms with van der Waals surface area (Å²) in [6.45, 7) is 5.07. The number of unbranched alkanes of at least 4 members (excludes halogenated alkanes) is 14. The lowest BCUT2D eigenvalue weighted by Crippen LogP contribution is -2.65. The van der Waals surface area contributed by atoms with E-state index in [1.807, 2.05) is 11.0 Å². The van der Waals surface area contributed by atoms with Crippen molar-refractivity contribution in [2.45, 2.75) is 318 Å². The van der Waals surface area contributed by atoms with Gasteiger partial charge in [0.15, 0.2) is 25.2 Å². The Morgan fingerprint density at radius 1 is 0.359 bits per heavy atom. The minimum atomic E-state index is -4.91. The molecule has 4 rings (SSSR count). The molecule has 0 spiro atoms. The topological polar surface area (TPSA) is 711 Å². The summed E-state index contributed by atoms with van der Waals surface area (Å²) in [5, 5.41) is 101. The maximum atomic E-state index is 13.4. The van der Waals surface area contributed by atoms with E-state index in [4.69, 9.17) is 71.8 Å². The molecule has 4 heterocycles. The van der Waals surface area contributed by atoms with Gasteiger partial charge in [0.05, 0.1) is 84.1 Å². The number of hydrogen-bond acceptors (Lipinski definition) is 41. The Labute approximate surface area is 746 Å². The second-order valence-electron chi connectivity index (χ2n) is 31.8. The van der Waals surface area contributed by atoms with Gasteiger partial charge in [0.2, 0.25) is 35.4 Å². The van der Waals surface area contributed by atoms with Crippen molar-refractivity contribution in [1.82, 2.24) is 42.9 Å². The van der Waals surface area contributed by atoms with Gasteiger partial charge in [-0.3, -0.25) is 47.5 Å². The minimum absolute atomic E-state index is 0.0132. The van der Waals surface area contributed by atoms with Gasteiger partial charge in [0, 0.05) is 106 Å². The Hall–Kier alpha value is -5.15. The zero-order chi connectivity index (χ0) is 94.8. The van der Waals surface area contributed by atoms with Gasteiger partial charge in [0.25, 0.3) is 0 Å². The number of carbonyl (C=O) groups is 8. The summed E-state index contributed by atoms with van der Waals surface area (Å²) in [5.74, 6) is 1.72. The van der Waals surface area contributed by atoms with Crippen LogP contribution in [0.3, 0.4) is 0 Å². The first kappa shape index (κ1) is 115. The number of nitrogens with one attached hydrogen (secondary N) is 8. The van der Waals surface area contributed by atoms with Gasteiger partial charge in [-0.25, -0.2) is 4.18 Å². The number of hydroxylamine groups is 2. The molecule has 0 aromatic rings. The largest absolute Gasteiger partial charge is 0.415 e. The van der Waals surface area contributed by atoms with Gasteiger partial charge in [0.1, 0.15) is 103 Å². The molecule has 746 valence electrons. The molecular formula is C76H139N9O40S3. The summed E-state index contributed by atoms with van der Waals surface area (Å²) in [4.78, 5) is 101. The van der Waals surface area contributed by atoms with Gasteiger partial charge >= 0.3 is 31.2 Å². The summed E-state index contributed by atoms with van der Waals surface area (Å²) in [6.07, 6.45) is -10.5. The van der Waals surface area contributed by atoms with Gasteiger partial charge in [-0.05, 0) is 57.8 Å². The molecule has 128 heavy (non-hydrogen) atoms. The average molecular weight is 1920 g/mol. The fourth-order valence-electron chi connectivity index (χ4n) is 14.1. The van der Waals surface area contributed by atoms with Crippen LogP contribution in [-0.4, -0.2) is 357 Å². The van der Waals surface area contributed by atoms with E-state index in [0.29, 0.717) is 129 Å². The summed E-state index contributed by atoms with van der Waals surface area (Å²) in [5.41, 5.74) is 2.69. The minimum Gasteiger partial charge on any atom is -0.388 e. The molecule has 0 aliphatic carbocycles. The SMILES string of the molecule is CCC1OC(OCCCCCCNC(=O)CCOCC(COCCC(=O)CCCCCCCOC2OC(CNOS(=O)(=O)O)C(O)C(O)C2NC(C)=O)(COCCC(=O)CCCCCCCOC2OC(CNOS(=O)(=O)O)C(O)C(O)C2NC(C)=O)COCCC(=O)NCCCCCCOC2OC(COS(=O)(=O)ON)C(O)C(O)C2NC(C)=O)C(NC(C)=O)C(O)C1O. The smallest absolute Gasteiger partial charge is 0.388 e. The van der Waals surface area contributed by atoms with Crippen molar-refractivity contribution in [3.05, 3.63) is 0 Å². The number of hydrogen-bond donors (Lipinski definition) is 19. The first-order valence-electron chi connectivity index (χ1n) is 43.2. The van der Waals surface area contributed by atoms with E-state index in [1.165, 1.54) is 27.7 Å². The van der Waals surface area contributed by atoms with E-state index in [0.717, 1.165) is 0 Å². The number of Topliss-reactive ketones (excluding diaryl/α,β-unsaturated/α-hetero) is 2. The lowest BCUT2D eigenvalue weighted by Gasteiger charge is -2.42. The average Bonchev–Trinajstić information content (AvgIpc) is 0.798. The van der Waals surface area contributed by atoms with Crippen LogP contribution in [-0.2, 0) is 143 Å². The predicted molar refractivity (Wildman–Crippen MR) is 441 cm³/mol. The van der Waals surface area contributed by atoms with Gasteiger partial charge < -0.3 is 130 Å². The van der Waals surface area contributed by atoms with Crippen LogP contribution in [0.5, 0.6) is 0 Å². The second-order valence-corrected chi connectivity index (χ2v) is 35.0. The van der Waals surface area contributed by atoms with Crippen molar-refractivity contribution in [2.24, 2.45) is 11.3 Å². The van der Waals surface area contributed by atoms with Crippen LogP contribution >= 0.6 is 0 Å². The fourth-order valence-corrected chi connectivity index (χ4v) is 14.9. The molecule has 20 N–H and O–H groups in total. The van der Waals surface area contributed by atoms with E-state index < -0.39 is 203 Å². The van der Waals surface area contributed by atoms with E-state index in [9.17, 15) is 104 Å². The molecule has 20 unspecified atom stereocenters. The highest BCUT2D eigenvalue weighted by Gasteiger charge is 2.50. The summed E-state index contributed by atoms with van der Waals surface area (Å²) >= 11 is 0. The normalized spacial score (nSPS) is 26.8. The number of nitrogens with two attached hydrogens (primary N) is 1. The van der Waals surface area contributed by atoms with Gasteiger partial charge in [-0.2, -0.15) is 55.0 Å². The van der Waals surface area contributed by atoms with E-state index in [-0.39, 0.29) is 148 Å². The molecule has 4 fully saturated rings. The Bertz CT molecular complexity index is 3450. The number of amides is 6. The third kappa shape index (κ3) is 47.2. The molecule has 4 aliphatic rings. The maximum absolute atomic E-state index is 13.4. The van der Waals surface area contributed by atoms with E-state index in [2.05, 4.69) is 48.9 Å². The molecular weight excluding hydrogens is 1780 g/mol. The van der Waals surface area contributed by atoms with Crippen LogP contribution < -0.4 is 48.8 Å². The standard InChI is InChI=1S/C76H139N9O40S3/c1-6-54-64(94)68(98)60(82-48(2)86)72(119-54)114-35-23-15-11-19-31-78-58(92)29-39-112-46-76(44-110-37-27-52(90)25-17-9-7-13-21-33-115-73-61(83-49(3)87)69(99)65(95)55(120-73)41-80-124-126(102,103)104,45-111-38-28-53(91)26-18-10-8-14-22-34-116-74-62(84-50(4)88)70(100)66(96)56(121-74)42-81-125-127(105,106)107)47-113-40-30-59(93)79-32-20-12-16-24-36-117-75-63(85-51(5)89)71(101)67(97)57(122-75)43-118-128(108,109)123-77/h54-57,60-75,80-81,94-101H,6-47,77H2,1-5H3,(H,78,92)(H,79,93)(H,82,86)(H,83,87)(H,84,88)(H,85,89)(H,102,103,104)(H,105,106,107). The van der Waals surface area contributed by atoms with Crippen LogP contribution in [0.2, 0.25) is 0 Å². The summed E-state index contributed by atoms with van der Waals surface area (Å²) in [7, 11) is -14.5. The molecule has 0 aromatic heterocycles. The molecule has 4 saturated heterocycles. The van der Waals surface area contributed by atoms with Crippen molar-refractivity contribution in [3.8, 4) is 0 Å². The monoisotopic (exact) mass is 1910 g/mol. The zero-order valence-corrected chi connectivity index (χ0v) is 75.7. The third-order valence-corrected chi connectivity index (χ3v) is 22.1. The summed E-state index contributed by atoms with van der Waals surface area (Å²) in [6, 6.07) is -4.63. The van der Waals surface area contributed by atoms with Gasteiger partial charge in [-0.1, -0.05) is 71.1 Å².